The zero-order valence-electron chi connectivity index (χ0n) is 5.13. The van der Waals surface area contributed by atoms with E-state index in [2.05, 4.69) is 0 Å². The fourth-order valence-electron chi connectivity index (χ4n) is 0.197. The average Bonchev–Trinajstić information content (AvgIpc) is 1.67. The van der Waals surface area contributed by atoms with Crippen LogP contribution in [0.15, 0.2) is 0 Å². The summed E-state index contributed by atoms with van der Waals surface area (Å²) in [6.45, 7) is 1.67. The summed E-state index contributed by atoms with van der Waals surface area (Å²) in [5.74, 6) is 0. The van der Waals surface area contributed by atoms with Crippen LogP contribution < -0.4 is 0 Å². The highest BCUT2D eigenvalue weighted by Gasteiger charge is 1.87. The number of carboxylic acid groups (broad SMARTS) is 1. The first-order valence-corrected chi connectivity index (χ1v) is 2.83. The van der Waals surface area contributed by atoms with E-state index in [4.69, 9.17) is 21.5 Å². The van der Waals surface area contributed by atoms with Crippen LogP contribution in [0.5, 0.6) is 0 Å². The molecule has 0 aliphatic heterocycles. The van der Waals surface area contributed by atoms with Gasteiger partial charge in [-0.15, -0.1) is 0 Å². The molecule has 0 unspecified atom stereocenters. The third kappa shape index (κ3) is 37.1. The quantitative estimate of drug-likeness (QED) is 0.479. The van der Waals surface area contributed by atoms with E-state index in [0.717, 1.165) is 6.42 Å². The van der Waals surface area contributed by atoms with Crippen molar-refractivity contribution < 1.29 is 14.7 Å². The van der Waals surface area contributed by atoms with Gasteiger partial charge in [0.15, 0.2) is 0 Å². The number of halogens is 1. The molecule has 0 aromatic carbocycles. The second-order valence-corrected chi connectivity index (χ2v) is 1.63. The number of hydrogen-bond acceptors (Lipinski definition) is 2. The van der Waals surface area contributed by atoms with Crippen LogP contribution >= 0.6 is 11.6 Å². The van der Waals surface area contributed by atoms with Crippen molar-refractivity contribution >= 4 is 23.3 Å². The Morgan fingerprint density at radius 2 is 2.11 bits per heavy atom. The van der Waals surface area contributed by atoms with Crippen molar-refractivity contribution in [3.05, 3.63) is 0 Å². The lowest BCUT2D eigenvalue weighted by atomic mass is 10.4. The van der Waals surface area contributed by atoms with Crippen LogP contribution in [0, 0.1) is 0 Å². The molecule has 1 N–H and O–H groups in total. The second kappa shape index (κ2) is 10.4. The number of carbonyl (C=O) groups is 2. The smallest absolute Gasteiger partial charge is 0.290 e. The first kappa shape index (κ1) is 11.3. The van der Waals surface area contributed by atoms with Crippen molar-refractivity contribution in [1.29, 1.82) is 0 Å². The van der Waals surface area contributed by atoms with Gasteiger partial charge in [0.05, 0.1) is 0 Å². The molecule has 0 aromatic rings. The Hall–Kier alpha value is -0.570. The van der Waals surface area contributed by atoms with E-state index in [0.29, 0.717) is 6.42 Å². The molecule has 0 atom stereocenters. The standard InChI is InChI=1S/C4H7ClO.CH2O2/c1-2-3-4(5)6;2-1-3/h2-3H2,1H3;1H,(H,2,3). The highest BCUT2D eigenvalue weighted by atomic mass is 35.5. The van der Waals surface area contributed by atoms with Gasteiger partial charge in [-0.05, 0) is 18.0 Å². The van der Waals surface area contributed by atoms with E-state index in [9.17, 15) is 4.79 Å². The summed E-state index contributed by atoms with van der Waals surface area (Å²) in [4.78, 5) is 18.2. The van der Waals surface area contributed by atoms with Gasteiger partial charge in [-0.25, -0.2) is 0 Å². The molecule has 0 radical (unpaired) electrons. The molecule has 4 heteroatoms. The Kier molecular flexibility index (Phi) is 13.0. The van der Waals surface area contributed by atoms with Crippen LogP contribution in [0.25, 0.3) is 0 Å². The molecule has 9 heavy (non-hydrogen) atoms. The lowest BCUT2D eigenvalue weighted by Gasteiger charge is -1.77. The Bertz CT molecular complexity index is 82.3. The van der Waals surface area contributed by atoms with E-state index < -0.39 is 0 Å². The predicted molar refractivity (Wildman–Crippen MR) is 34.5 cm³/mol. The summed E-state index contributed by atoms with van der Waals surface area (Å²) >= 11 is 4.94. The second-order valence-electron chi connectivity index (χ2n) is 1.21. The van der Waals surface area contributed by atoms with E-state index in [1.807, 2.05) is 6.92 Å². The van der Waals surface area contributed by atoms with Crippen molar-refractivity contribution in [2.24, 2.45) is 0 Å². The van der Waals surface area contributed by atoms with Crippen LogP contribution in [0.4, 0.5) is 0 Å². The number of rotatable bonds is 2. The molecule has 54 valence electrons. The van der Waals surface area contributed by atoms with Gasteiger partial charge in [-0.1, -0.05) is 6.92 Å². The predicted octanol–water partition coefficient (Wildman–Crippen LogP) is 1.25. The summed E-state index contributed by atoms with van der Waals surface area (Å²) in [5, 5.41) is 6.65. The van der Waals surface area contributed by atoms with Crippen molar-refractivity contribution in [1.82, 2.24) is 0 Å². The Morgan fingerprint density at radius 3 is 2.11 bits per heavy atom. The summed E-state index contributed by atoms with van der Waals surface area (Å²) < 4.78 is 0. The molecule has 0 bridgehead atoms. The van der Waals surface area contributed by atoms with Gasteiger partial charge >= 0.3 is 0 Å². The molecular weight excluding hydrogens is 144 g/mol. The lowest BCUT2D eigenvalue weighted by molar-refractivity contribution is -0.122. The zero-order chi connectivity index (χ0) is 7.70. The number of carbonyl (C=O) groups excluding carboxylic acids is 1. The third-order valence-electron chi connectivity index (χ3n) is 0.447. The van der Waals surface area contributed by atoms with Gasteiger partial charge in [0.2, 0.25) is 5.24 Å². The monoisotopic (exact) mass is 152 g/mol. The molecule has 0 spiro atoms. The Morgan fingerprint density at radius 1 is 1.78 bits per heavy atom. The molecule has 0 saturated heterocycles. The molecule has 0 rings (SSSR count). The Balaban J connectivity index is 0. The minimum absolute atomic E-state index is 0.238. The van der Waals surface area contributed by atoms with Gasteiger partial charge < -0.3 is 5.11 Å². The van der Waals surface area contributed by atoms with Crippen molar-refractivity contribution in [3.63, 3.8) is 0 Å². The van der Waals surface area contributed by atoms with Crippen molar-refractivity contribution in [3.8, 4) is 0 Å². The highest BCUT2D eigenvalue weighted by Crippen LogP contribution is 1.90. The molecule has 0 fully saturated rings. The first-order valence-electron chi connectivity index (χ1n) is 2.45. The van der Waals surface area contributed by atoms with E-state index >= 15 is 0 Å². The number of hydrogen-bond donors (Lipinski definition) is 1. The van der Waals surface area contributed by atoms with Gasteiger partial charge in [-0.3, -0.25) is 9.59 Å². The molecule has 0 saturated carbocycles. The fraction of sp³-hybridized carbons (Fsp3) is 0.600. The maximum atomic E-state index is 9.81. The molecule has 0 aliphatic carbocycles. The molecule has 0 heterocycles. The minimum Gasteiger partial charge on any atom is -0.483 e. The van der Waals surface area contributed by atoms with Gasteiger partial charge in [0.1, 0.15) is 0 Å². The molecule has 0 aliphatic rings. The molecule has 0 aromatic heterocycles. The Labute approximate surface area is 58.6 Å². The maximum Gasteiger partial charge on any atom is 0.290 e. The summed E-state index contributed by atoms with van der Waals surface area (Å²) in [7, 11) is 0. The van der Waals surface area contributed by atoms with Crippen molar-refractivity contribution in [2.45, 2.75) is 19.8 Å². The largest absolute Gasteiger partial charge is 0.483 e. The van der Waals surface area contributed by atoms with Gasteiger partial charge in [-0.2, -0.15) is 0 Å². The molecule has 0 amide bonds. The summed E-state index contributed by atoms with van der Waals surface area (Å²) in [6, 6.07) is 0. The van der Waals surface area contributed by atoms with Crippen LogP contribution in [0.1, 0.15) is 19.8 Å². The van der Waals surface area contributed by atoms with E-state index in [1.165, 1.54) is 0 Å². The lowest BCUT2D eigenvalue weighted by Crippen LogP contribution is -1.79. The molecule has 3 nitrogen and oxygen atoms in total. The van der Waals surface area contributed by atoms with E-state index in [1.54, 1.807) is 0 Å². The fourth-order valence-corrected chi connectivity index (χ4v) is 0.386. The van der Waals surface area contributed by atoms with Crippen LogP contribution in [-0.4, -0.2) is 16.8 Å². The normalized spacial score (nSPS) is 6.89. The SMILES string of the molecule is CCCC(=O)Cl.O=CO. The molecular formula is C5H9ClO3. The first-order chi connectivity index (χ1) is 4.18. The maximum absolute atomic E-state index is 9.81. The zero-order valence-corrected chi connectivity index (χ0v) is 5.89. The van der Waals surface area contributed by atoms with Gasteiger partial charge in [0.25, 0.3) is 6.47 Å². The average molecular weight is 153 g/mol. The van der Waals surface area contributed by atoms with Crippen molar-refractivity contribution in [2.75, 3.05) is 0 Å². The summed E-state index contributed by atoms with van der Waals surface area (Å²) in [5.41, 5.74) is 0. The highest BCUT2D eigenvalue weighted by molar-refractivity contribution is 6.63. The van der Waals surface area contributed by atoms with Crippen LogP contribution in [0.2, 0.25) is 0 Å². The topological polar surface area (TPSA) is 54.4 Å². The summed E-state index contributed by atoms with van der Waals surface area (Å²) in [6.07, 6.45) is 1.35. The van der Waals surface area contributed by atoms with Crippen LogP contribution in [-0.2, 0) is 9.59 Å². The third-order valence-corrected chi connectivity index (χ3v) is 0.636. The van der Waals surface area contributed by atoms with E-state index in [-0.39, 0.29) is 11.7 Å². The van der Waals surface area contributed by atoms with Crippen LogP contribution in [0.3, 0.4) is 0 Å². The minimum atomic E-state index is -0.250. The van der Waals surface area contributed by atoms with Gasteiger partial charge in [0, 0.05) is 6.42 Å².